The molecule has 0 aromatic carbocycles. The van der Waals surface area contributed by atoms with Crippen molar-refractivity contribution < 1.29 is 0 Å². The quantitative estimate of drug-likeness (QED) is 0.544. The highest BCUT2D eigenvalue weighted by Gasteiger charge is 2.31. The Hall–Kier alpha value is 0. The summed E-state index contributed by atoms with van der Waals surface area (Å²) in [6.07, 6.45) is 8.81. The van der Waals surface area contributed by atoms with Crippen molar-refractivity contribution in [2.24, 2.45) is 23.7 Å². The molecular weight excluding hydrogens is 168 g/mol. The Morgan fingerprint density at radius 3 is 2.14 bits per heavy atom. The normalized spacial score (nSPS) is 21.2. The van der Waals surface area contributed by atoms with Gasteiger partial charge in [0.15, 0.2) is 0 Å². The minimum atomic E-state index is 0.898. The Kier molecular flexibility index (Phi) is 4.98. The van der Waals surface area contributed by atoms with Crippen LogP contribution in [0.4, 0.5) is 0 Å². The summed E-state index contributed by atoms with van der Waals surface area (Å²) in [5.74, 6) is 4.02. The van der Waals surface area contributed by atoms with Crippen LogP contribution < -0.4 is 0 Å². The molecule has 0 amide bonds. The van der Waals surface area contributed by atoms with Crippen LogP contribution in [-0.4, -0.2) is 0 Å². The lowest BCUT2D eigenvalue weighted by Gasteiger charge is -2.22. The molecule has 0 aromatic heterocycles. The first-order valence-corrected chi connectivity index (χ1v) is 6.63. The third kappa shape index (κ3) is 4.48. The molecule has 0 nitrogen and oxygen atoms in total. The van der Waals surface area contributed by atoms with E-state index in [0.29, 0.717) is 0 Å². The van der Waals surface area contributed by atoms with Crippen molar-refractivity contribution in [2.45, 2.75) is 66.2 Å². The molecule has 0 radical (unpaired) electrons. The number of hydrogen-bond donors (Lipinski definition) is 0. The molecule has 2 unspecified atom stereocenters. The van der Waals surface area contributed by atoms with Gasteiger partial charge < -0.3 is 0 Å². The molecule has 0 saturated heterocycles. The van der Waals surface area contributed by atoms with Crippen LogP contribution in [-0.2, 0) is 0 Å². The Balaban J connectivity index is 2.27. The van der Waals surface area contributed by atoms with Crippen LogP contribution in [0.1, 0.15) is 66.2 Å². The predicted octanol–water partition coefficient (Wildman–Crippen LogP) is 4.89. The predicted molar refractivity (Wildman–Crippen MR) is 64.4 cm³/mol. The zero-order valence-electron chi connectivity index (χ0n) is 10.6. The molecule has 0 spiro atoms. The lowest BCUT2D eigenvalue weighted by molar-refractivity contribution is 0.291. The second-order valence-electron chi connectivity index (χ2n) is 5.86. The van der Waals surface area contributed by atoms with Crippen molar-refractivity contribution >= 4 is 0 Å². The third-order valence-electron chi connectivity index (χ3n) is 3.55. The van der Waals surface area contributed by atoms with Gasteiger partial charge in [0.2, 0.25) is 0 Å². The van der Waals surface area contributed by atoms with E-state index in [2.05, 4.69) is 27.7 Å². The summed E-state index contributed by atoms with van der Waals surface area (Å²) in [7, 11) is 0. The topological polar surface area (TPSA) is 0 Å². The summed E-state index contributed by atoms with van der Waals surface area (Å²) < 4.78 is 0. The minimum Gasteiger partial charge on any atom is -0.0654 e. The van der Waals surface area contributed by atoms with E-state index in [4.69, 9.17) is 0 Å². The maximum absolute atomic E-state index is 2.44. The van der Waals surface area contributed by atoms with E-state index < -0.39 is 0 Å². The molecule has 1 aliphatic carbocycles. The second kappa shape index (κ2) is 5.78. The molecule has 1 aliphatic rings. The fraction of sp³-hybridized carbons (Fsp3) is 1.00. The summed E-state index contributed by atoms with van der Waals surface area (Å²) in [4.78, 5) is 0. The van der Waals surface area contributed by atoms with Crippen LogP contribution in [0.5, 0.6) is 0 Å². The molecule has 14 heavy (non-hydrogen) atoms. The Morgan fingerprint density at radius 2 is 1.71 bits per heavy atom. The Labute approximate surface area is 90.5 Å². The van der Waals surface area contributed by atoms with Gasteiger partial charge in [-0.3, -0.25) is 0 Å². The maximum atomic E-state index is 2.44. The van der Waals surface area contributed by atoms with Crippen molar-refractivity contribution in [1.29, 1.82) is 0 Å². The fourth-order valence-electron chi connectivity index (χ4n) is 2.78. The minimum absolute atomic E-state index is 0.898. The van der Waals surface area contributed by atoms with Crippen molar-refractivity contribution in [3.8, 4) is 0 Å². The SMILES string of the molecule is CCCC(C)CC(CC(C)C)C1CC1. The van der Waals surface area contributed by atoms with Gasteiger partial charge >= 0.3 is 0 Å². The van der Waals surface area contributed by atoms with E-state index in [9.17, 15) is 0 Å². The summed E-state index contributed by atoms with van der Waals surface area (Å²) in [5, 5.41) is 0. The van der Waals surface area contributed by atoms with E-state index in [1.165, 1.54) is 38.5 Å². The molecule has 0 aromatic rings. The van der Waals surface area contributed by atoms with Gasteiger partial charge in [-0.15, -0.1) is 0 Å². The third-order valence-corrected chi connectivity index (χ3v) is 3.55. The first-order valence-electron chi connectivity index (χ1n) is 6.63. The van der Waals surface area contributed by atoms with Crippen molar-refractivity contribution in [3.05, 3.63) is 0 Å². The van der Waals surface area contributed by atoms with E-state index >= 15 is 0 Å². The van der Waals surface area contributed by atoms with Crippen LogP contribution in [0.2, 0.25) is 0 Å². The molecule has 1 rings (SSSR count). The van der Waals surface area contributed by atoms with Gasteiger partial charge in [-0.25, -0.2) is 0 Å². The van der Waals surface area contributed by atoms with Crippen LogP contribution in [0.3, 0.4) is 0 Å². The monoisotopic (exact) mass is 196 g/mol. The molecule has 0 bridgehead atoms. The van der Waals surface area contributed by atoms with Gasteiger partial charge in [-0.05, 0) is 49.4 Å². The molecule has 84 valence electrons. The largest absolute Gasteiger partial charge is 0.0654 e. The van der Waals surface area contributed by atoms with Crippen molar-refractivity contribution in [1.82, 2.24) is 0 Å². The van der Waals surface area contributed by atoms with Gasteiger partial charge in [-0.2, -0.15) is 0 Å². The molecular formula is C14H28. The van der Waals surface area contributed by atoms with Crippen LogP contribution in [0, 0.1) is 23.7 Å². The highest BCUT2D eigenvalue weighted by molar-refractivity contribution is 4.82. The zero-order chi connectivity index (χ0) is 10.6. The van der Waals surface area contributed by atoms with Gasteiger partial charge in [0.25, 0.3) is 0 Å². The summed E-state index contributed by atoms with van der Waals surface area (Å²) >= 11 is 0. The number of rotatable bonds is 7. The summed E-state index contributed by atoms with van der Waals surface area (Å²) in [6.45, 7) is 9.50. The van der Waals surface area contributed by atoms with E-state index in [-0.39, 0.29) is 0 Å². The molecule has 0 heteroatoms. The maximum Gasteiger partial charge on any atom is -0.0381 e. The standard InChI is InChI=1S/C14H28/c1-5-6-12(4)10-14(9-11(2)3)13-7-8-13/h11-14H,5-10H2,1-4H3. The molecule has 0 N–H and O–H groups in total. The lowest BCUT2D eigenvalue weighted by atomic mass is 9.84. The molecule has 1 fully saturated rings. The van der Waals surface area contributed by atoms with Crippen LogP contribution in [0.25, 0.3) is 0 Å². The van der Waals surface area contributed by atoms with Gasteiger partial charge in [0, 0.05) is 0 Å². The fourth-order valence-corrected chi connectivity index (χ4v) is 2.78. The summed E-state index contributed by atoms with van der Waals surface area (Å²) in [6, 6.07) is 0. The molecule has 0 aliphatic heterocycles. The molecule has 1 saturated carbocycles. The first-order chi connectivity index (χ1) is 6.63. The Morgan fingerprint density at radius 1 is 1.07 bits per heavy atom. The van der Waals surface area contributed by atoms with E-state index in [0.717, 1.165) is 23.7 Å². The number of hydrogen-bond acceptors (Lipinski definition) is 0. The Bertz CT molecular complexity index is 144. The van der Waals surface area contributed by atoms with Crippen LogP contribution in [0.15, 0.2) is 0 Å². The average molecular weight is 196 g/mol. The van der Waals surface area contributed by atoms with E-state index in [1.807, 2.05) is 0 Å². The van der Waals surface area contributed by atoms with Crippen molar-refractivity contribution in [2.75, 3.05) is 0 Å². The molecule has 0 heterocycles. The van der Waals surface area contributed by atoms with E-state index in [1.54, 1.807) is 0 Å². The van der Waals surface area contributed by atoms with Crippen molar-refractivity contribution in [3.63, 3.8) is 0 Å². The zero-order valence-corrected chi connectivity index (χ0v) is 10.6. The average Bonchev–Trinajstić information content (AvgIpc) is 2.84. The van der Waals surface area contributed by atoms with Crippen LogP contribution >= 0.6 is 0 Å². The van der Waals surface area contributed by atoms with Gasteiger partial charge in [-0.1, -0.05) is 40.5 Å². The highest BCUT2D eigenvalue weighted by Crippen LogP contribution is 2.43. The highest BCUT2D eigenvalue weighted by atomic mass is 14.4. The second-order valence-corrected chi connectivity index (χ2v) is 5.86. The lowest BCUT2D eigenvalue weighted by Crippen LogP contribution is -2.11. The summed E-state index contributed by atoms with van der Waals surface area (Å²) in [5.41, 5.74) is 0. The first kappa shape index (κ1) is 12.1. The van der Waals surface area contributed by atoms with Gasteiger partial charge in [0.1, 0.15) is 0 Å². The molecule has 2 atom stereocenters. The van der Waals surface area contributed by atoms with Gasteiger partial charge in [0.05, 0.1) is 0 Å². The smallest absolute Gasteiger partial charge is 0.0381 e.